The second-order valence-corrected chi connectivity index (χ2v) is 1.91. The first-order valence-electron chi connectivity index (χ1n) is 3.55. The minimum absolute atomic E-state index is 0. The molecule has 72 valence electrons. The van der Waals surface area contributed by atoms with Crippen molar-refractivity contribution in [3.05, 3.63) is 0 Å². The topological polar surface area (TPSA) is 69.7 Å². The van der Waals surface area contributed by atoms with E-state index in [0.29, 0.717) is 0 Å². The smallest absolute Gasteiger partial charge is 0.360 e. The Labute approximate surface area is 91.9 Å². The largest absolute Gasteiger partial charge is 0.524 e. The third-order valence-corrected chi connectivity index (χ3v) is 0.972. The highest BCUT2D eigenvalue weighted by atomic mass is 24.3. The van der Waals surface area contributed by atoms with Gasteiger partial charge in [-0.1, -0.05) is 13.8 Å². The highest BCUT2D eigenvalue weighted by Gasteiger charge is 2.12. The first-order chi connectivity index (χ1) is 5.60. The Morgan fingerprint density at radius 3 is 1.46 bits per heavy atom. The van der Waals surface area contributed by atoms with E-state index in [1.165, 1.54) is 13.8 Å². The summed E-state index contributed by atoms with van der Waals surface area (Å²) in [6, 6.07) is 0. The molecule has 5 nitrogen and oxygen atoms in total. The molecule has 0 aliphatic heterocycles. The fourth-order valence-electron chi connectivity index (χ4n) is 0.351. The van der Waals surface area contributed by atoms with Crippen molar-refractivity contribution in [2.75, 3.05) is 0 Å². The van der Waals surface area contributed by atoms with E-state index in [4.69, 9.17) is 0 Å². The van der Waals surface area contributed by atoms with E-state index in [0.717, 1.165) is 0 Å². The van der Waals surface area contributed by atoms with Gasteiger partial charge in [0.1, 0.15) is 0 Å². The average Bonchev–Trinajstić information content (AvgIpc) is 2.03. The van der Waals surface area contributed by atoms with Gasteiger partial charge in [0.05, 0.1) is 0 Å². The van der Waals surface area contributed by atoms with E-state index in [9.17, 15) is 14.4 Å². The van der Waals surface area contributed by atoms with Crippen LogP contribution in [0.15, 0.2) is 0 Å². The van der Waals surface area contributed by atoms with Crippen LogP contribution in [0, 0.1) is 0 Å². The minimum atomic E-state index is -1.26. The maximum absolute atomic E-state index is 10.5. The van der Waals surface area contributed by atoms with Gasteiger partial charge < -0.3 is 9.47 Å². The molecule has 0 aliphatic rings. The molecule has 0 amide bonds. The summed E-state index contributed by atoms with van der Waals surface area (Å²) in [5.41, 5.74) is 0. The van der Waals surface area contributed by atoms with Gasteiger partial charge in [0.25, 0.3) is 0 Å². The van der Waals surface area contributed by atoms with Gasteiger partial charge in [-0.2, -0.15) is 0 Å². The van der Waals surface area contributed by atoms with Gasteiger partial charge in [0.15, 0.2) is 0 Å². The van der Waals surface area contributed by atoms with Crippen molar-refractivity contribution in [1.29, 1.82) is 0 Å². The second-order valence-electron chi connectivity index (χ2n) is 1.91. The van der Waals surface area contributed by atoms with Crippen LogP contribution in [0.5, 0.6) is 0 Å². The van der Waals surface area contributed by atoms with Crippen LogP contribution in [-0.4, -0.2) is 41.1 Å². The maximum atomic E-state index is 10.5. The number of carbonyl (C=O) groups is 3. The molecule has 0 heterocycles. The zero-order valence-corrected chi connectivity index (χ0v) is 6.96. The quantitative estimate of drug-likeness (QED) is 0.359. The lowest BCUT2D eigenvalue weighted by Crippen LogP contribution is -2.16. The summed E-state index contributed by atoms with van der Waals surface area (Å²) in [5.74, 6) is -1.44. The summed E-state index contributed by atoms with van der Waals surface area (Å²) < 4.78 is 8.10. The van der Waals surface area contributed by atoms with E-state index < -0.39 is 18.1 Å². The molecule has 0 N–H and O–H groups in total. The van der Waals surface area contributed by atoms with E-state index in [1.807, 2.05) is 0 Å². The number of carbonyl (C=O) groups excluding carboxylic acids is 3. The summed E-state index contributed by atoms with van der Waals surface area (Å²) in [5, 5.41) is 0. The summed E-state index contributed by atoms with van der Waals surface area (Å²) in [6.45, 7) is 3.05. The highest BCUT2D eigenvalue weighted by molar-refractivity contribution is 5.88. The SMILES string of the molecule is CCC(=O)OC(=O)OC(=O)CC.[MgH2]. The average molecular weight is 200 g/mol. The van der Waals surface area contributed by atoms with Gasteiger partial charge in [-0.25, -0.2) is 4.79 Å². The number of ether oxygens (including phenoxy) is 2. The Hall–Kier alpha value is -0.624. The Morgan fingerprint density at radius 1 is 0.923 bits per heavy atom. The van der Waals surface area contributed by atoms with Crippen molar-refractivity contribution < 1.29 is 23.9 Å². The van der Waals surface area contributed by atoms with Gasteiger partial charge >= 0.3 is 41.1 Å². The van der Waals surface area contributed by atoms with Crippen molar-refractivity contribution in [2.24, 2.45) is 0 Å². The van der Waals surface area contributed by atoms with Gasteiger partial charge in [0, 0.05) is 12.8 Å². The van der Waals surface area contributed by atoms with E-state index >= 15 is 0 Å². The minimum Gasteiger partial charge on any atom is -0.360 e. The second kappa shape index (κ2) is 8.00. The lowest BCUT2D eigenvalue weighted by Gasteiger charge is -1.99. The molecule has 0 saturated carbocycles. The van der Waals surface area contributed by atoms with Crippen LogP contribution in [-0.2, 0) is 19.1 Å². The molecule has 0 aromatic carbocycles. The summed E-state index contributed by atoms with van der Waals surface area (Å²) in [4.78, 5) is 31.4. The molecule has 0 aromatic rings. The molecule has 0 rings (SSSR count). The molecule has 0 spiro atoms. The van der Waals surface area contributed by atoms with Crippen molar-refractivity contribution in [3.8, 4) is 0 Å². The third kappa shape index (κ3) is 7.73. The molecule has 0 aliphatic carbocycles. The molecule has 0 saturated heterocycles. The lowest BCUT2D eigenvalue weighted by atomic mass is 10.5. The van der Waals surface area contributed by atoms with Crippen LogP contribution in [0.4, 0.5) is 4.79 Å². The third-order valence-electron chi connectivity index (χ3n) is 0.972. The van der Waals surface area contributed by atoms with Crippen LogP contribution in [0.2, 0.25) is 0 Å². The molecule has 13 heavy (non-hydrogen) atoms. The summed E-state index contributed by atoms with van der Waals surface area (Å²) in [6.07, 6.45) is -1.13. The zero-order valence-electron chi connectivity index (χ0n) is 6.96. The molecule has 0 bridgehead atoms. The van der Waals surface area contributed by atoms with E-state index in [1.54, 1.807) is 0 Å². The first-order valence-corrected chi connectivity index (χ1v) is 3.55. The molecule has 6 heteroatoms. The number of esters is 2. The predicted octanol–water partition coefficient (Wildman–Crippen LogP) is 0.0966. The Balaban J connectivity index is 0. The lowest BCUT2D eigenvalue weighted by molar-refractivity contribution is -0.145. The van der Waals surface area contributed by atoms with E-state index in [-0.39, 0.29) is 35.9 Å². The van der Waals surface area contributed by atoms with Gasteiger partial charge in [-0.15, -0.1) is 0 Å². The zero-order chi connectivity index (χ0) is 9.56. The standard InChI is InChI=1S/C7H10O5.Mg.2H/c1-3-5(8)11-7(10)12-6(9)4-2;;;/h3-4H2,1-2H3;;;. The monoisotopic (exact) mass is 200 g/mol. The predicted molar refractivity (Wildman–Crippen MR) is 46.7 cm³/mol. The van der Waals surface area contributed by atoms with Crippen LogP contribution in [0.3, 0.4) is 0 Å². The van der Waals surface area contributed by atoms with Crippen LogP contribution in [0.1, 0.15) is 26.7 Å². The Bertz CT molecular complexity index is 181. The van der Waals surface area contributed by atoms with E-state index in [2.05, 4.69) is 9.47 Å². The molecular formula is C7H12MgO5. The van der Waals surface area contributed by atoms with Crippen molar-refractivity contribution in [1.82, 2.24) is 0 Å². The van der Waals surface area contributed by atoms with Crippen molar-refractivity contribution >= 4 is 41.1 Å². The maximum Gasteiger partial charge on any atom is 0.524 e. The van der Waals surface area contributed by atoms with Crippen molar-refractivity contribution in [3.63, 3.8) is 0 Å². The van der Waals surface area contributed by atoms with Gasteiger partial charge in [0.2, 0.25) is 0 Å². The van der Waals surface area contributed by atoms with Gasteiger partial charge in [-0.3, -0.25) is 9.59 Å². The first kappa shape index (κ1) is 14.9. The number of hydrogen-bond donors (Lipinski definition) is 0. The normalized spacial score (nSPS) is 8.15. The number of rotatable bonds is 2. The fourth-order valence-corrected chi connectivity index (χ4v) is 0.351. The molecule has 0 fully saturated rings. The highest BCUT2D eigenvalue weighted by Crippen LogP contribution is 1.92. The summed E-state index contributed by atoms with van der Waals surface area (Å²) in [7, 11) is 0. The molecule has 0 radical (unpaired) electrons. The van der Waals surface area contributed by atoms with Gasteiger partial charge in [-0.05, 0) is 0 Å². The van der Waals surface area contributed by atoms with Crippen LogP contribution in [0.25, 0.3) is 0 Å². The van der Waals surface area contributed by atoms with Crippen molar-refractivity contribution in [2.45, 2.75) is 26.7 Å². The molecule has 0 aromatic heterocycles. The Kier molecular flexibility index (Phi) is 9.15. The molecule has 0 unspecified atom stereocenters. The molecular weight excluding hydrogens is 188 g/mol. The Morgan fingerprint density at radius 2 is 1.23 bits per heavy atom. The number of hydrogen-bond acceptors (Lipinski definition) is 5. The van der Waals surface area contributed by atoms with Crippen LogP contribution < -0.4 is 0 Å². The summed E-state index contributed by atoms with van der Waals surface area (Å²) >= 11 is 0. The van der Waals surface area contributed by atoms with Crippen LogP contribution >= 0.6 is 0 Å². The molecule has 0 atom stereocenters. The fraction of sp³-hybridized carbons (Fsp3) is 0.571.